The maximum absolute atomic E-state index is 12.8. The van der Waals surface area contributed by atoms with Crippen LogP contribution >= 0.6 is 0 Å². The summed E-state index contributed by atoms with van der Waals surface area (Å²) in [6.07, 6.45) is -3.32. The lowest BCUT2D eigenvalue weighted by molar-refractivity contribution is -0.137. The summed E-state index contributed by atoms with van der Waals surface area (Å²) in [5.74, 6) is 0.503. The lowest BCUT2D eigenvalue weighted by Gasteiger charge is -2.16. The molecule has 6 nitrogen and oxygen atoms in total. The summed E-state index contributed by atoms with van der Waals surface area (Å²) in [6, 6.07) is 7.59. The van der Waals surface area contributed by atoms with Gasteiger partial charge in [-0.15, -0.1) is 0 Å². The third-order valence-corrected chi connectivity index (χ3v) is 3.76. The SMILES string of the molecule is CCOc1cc(C(=O)N/N=C/c2cccc(C(F)(F)F)c2)cc(OCC)c1OCC. The molecule has 0 unspecified atom stereocenters. The van der Waals surface area contributed by atoms with Gasteiger partial charge >= 0.3 is 6.18 Å². The van der Waals surface area contributed by atoms with Crippen molar-refractivity contribution in [1.29, 1.82) is 0 Å². The fourth-order valence-electron chi connectivity index (χ4n) is 2.55. The Labute approximate surface area is 172 Å². The van der Waals surface area contributed by atoms with Crippen LogP contribution in [0.15, 0.2) is 41.5 Å². The number of nitrogens with one attached hydrogen (secondary N) is 1. The predicted molar refractivity (Wildman–Crippen MR) is 106 cm³/mol. The van der Waals surface area contributed by atoms with Crippen LogP contribution in [0.4, 0.5) is 13.2 Å². The first-order valence-corrected chi connectivity index (χ1v) is 9.37. The van der Waals surface area contributed by atoms with E-state index in [0.717, 1.165) is 18.3 Å². The summed E-state index contributed by atoms with van der Waals surface area (Å²) in [6.45, 7) is 6.49. The van der Waals surface area contributed by atoms with Crippen molar-refractivity contribution in [1.82, 2.24) is 5.43 Å². The van der Waals surface area contributed by atoms with Gasteiger partial charge in [0.05, 0.1) is 31.6 Å². The van der Waals surface area contributed by atoms with Gasteiger partial charge in [0.1, 0.15) is 0 Å². The van der Waals surface area contributed by atoms with E-state index in [1.54, 1.807) is 13.8 Å². The third kappa shape index (κ3) is 6.13. The fraction of sp³-hybridized carbons (Fsp3) is 0.333. The van der Waals surface area contributed by atoms with Crippen LogP contribution in [-0.4, -0.2) is 31.9 Å². The summed E-state index contributed by atoms with van der Waals surface area (Å²) in [5.41, 5.74) is 1.89. The van der Waals surface area contributed by atoms with Gasteiger partial charge in [-0.1, -0.05) is 12.1 Å². The van der Waals surface area contributed by atoms with Crippen molar-refractivity contribution >= 4 is 12.1 Å². The number of benzene rings is 2. The van der Waals surface area contributed by atoms with Crippen molar-refractivity contribution in [2.24, 2.45) is 5.10 Å². The number of hydrogen-bond acceptors (Lipinski definition) is 5. The molecule has 2 aromatic rings. The molecule has 0 spiro atoms. The van der Waals surface area contributed by atoms with Crippen LogP contribution in [0.2, 0.25) is 0 Å². The number of hydrazone groups is 1. The first-order chi connectivity index (χ1) is 14.3. The molecule has 0 aliphatic carbocycles. The van der Waals surface area contributed by atoms with E-state index in [1.165, 1.54) is 24.3 Å². The molecular weight excluding hydrogens is 401 g/mol. The molecular formula is C21H23F3N2O4. The fourth-order valence-corrected chi connectivity index (χ4v) is 2.55. The van der Waals surface area contributed by atoms with E-state index in [4.69, 9.17) is 14.2 Å². The topological polar surface area (TPSA) is 69.2 Å². The maximum atomic E-state index is 12.8. The predicted octanol–water partition coefficient (Wildman–Crippen LogP) is 4.67. The van der Waals surface area contributed by atoms with Gasteiger partial charge in [0.2, 0.25) is 5.75 Å². The van der Waals surface area contributed by atoms with Crippen molar-refractivity contribution in [3.8, 4) is 17.2 Å². The summed E-state index contributed by atoms with van der Waals surface area (Å²) in [7, 11) is 0. The molecule has 2 aromatic carbocycles. The van der Waals surface area contributed by atoms with Crippen LogP contribution in [0.25, 0.3) is 0 Å². The number of ether oxygens (including phenoxy) is 3. The monoisotopic (exact) mass is 424 g/mol. The Kier molecular flexibility index (Phi) is 8.08. The summed E-state index contributed by atoms with van der Waals surface area (Å²) in [4.78, 5) is 12.5. The van der Waals surface area contributed by atoms with Crippen LogP contribution in [0, 0.1) is 0 Å². The number of halogens is 3. The van der Waals surface area contributed by atoms with Gasteiger partial charge in [-0.05, 0) is 50.6 Å². The van der Waals surface area contributed by atoms with Gasteiger partial charge in [0, 0.05) is 5.56 Å². The summed E-state index contributed by atoms with van der Waals surface area (Å²) in [5, 5.41) is 3.75. The Balaban J connectivity index is 2.23. The highest BCUT2D eigenvalue weighted by Crippen LogP contribution is 2.39. The molecule has 30 heavy (non-hydrogen) atoms. The van der Waals surface area contributed by atoms with Crippen LogP contribution in [0.1, 0.15) is 42.3 Å². The molecule has 0 bridgehead atoms. The molecule has 0 atom stereocenters. The molecule has 0 saturated heterocycles. The zero-order valence-corrected chi connectivity index (χ0v) is 16.9. The molecule has 1 N–H and O–H groups in total. The van der Waals surface area contributed by atoms with Crippen LogP contribution in [0.5, 0.6) is 17.2 Å². The molecule has 0 heterocycles. The molecule has 162 valence electrons. The van der Waals surface area contributed by atoms with Crippen molar-refractivity contribution in [2.75, 3.05) is 19.8 Å². The number of amides is 1. The molecule has 0 saturated carbocycles. The number of hydrogen-bond donors (Lipinski definition) is 1. The third-order valence-electron chi connectivity index (χ3n) is 3.76. The Morgan fingerprint density at radius 1 is 1.00 bits per heavy atom. The summed E-state index contributed by atoms with van der Waals surface area (Å²) >= 11 is 0. The molecule has 0 fully saturated rings. The van der Waals surface area contributed by atoms with E-state index in [2.05, 4.69) is 10.5 Å². The van der Waals surface area contributed by atoms with Gasteiger partial charge in [0.15, 0.2) is 11.5 Å². The quantitative estimate of drug-likeness (QED) is 0.469. The van der Waals surface area contributed by atoms with Crippen LogP contribution in [0.3, 0.4) is 0 Å². The normalized spacial score (nSPS) is 11.4. The minimum absolute atomic E-state index is 0.196. The van der Waals surface area contributed by atoms with E-state index >= 15 is 0 Å². The van der Waals surface area contributed by atoms with Gasteiger partial charge in [-0.25, -0.2) is 5.43 Å². The van der Waals surface area contributed by atoms with E-state index < -0.39 is 17.6 Å². The number of carbonyl (C=O) groups excluding carboxylic acids is 1. The van der Waals surface area contributed by atoms with E-state index in [0.29, 0.717) is 37.1 Å². The van der Waals surface area contributed by atoms with Gasteiger partial charge in [0.25, 0.3) is 5.91 Å². The van der Waals surface area contributed by atoms with Gasteiger partial charge in [-0.2, -0.15) is 18.3 Å². The van der Waals surface area contributed by atoms with Gasteiger partial charge < -0.3 is 14.2 Å². The van der Waals surface area contributed by atoms with E-state index in [1.807, 2.05) is 6.92 Å². The molecule has 9 heteroatoms. The zero-order chi connectivity index (χ0) is 22.1. The number of rotatable bonds is 9. The maximum Gasteiger partial charge on any atom is 0.416 e. The first kappa shape index (κ1) is 23.1. The average molecular weight is 424 g/mol. The molecule has 2 rings (SSSR count). The van der Waals surface area contributed by atoms with Crippen molar-refractivity contribution < 1.29 is 32.2 Å². The largest absolute Gasteiger partial charge is 0.490 e. The second-order valence-electron chi connectivity index (χ2n) is 5.92. The highest BCUT2D eigenvalue weighted by atomic mass is 19.4. The summed E-state index contributed by atoms with van der Waals surface area (Å²) < 4.78 is 55.0. The zero-order valence-electron chi connectivity index (χ0n) is 16.9. The van der Waals surface area contributed by atoms with Gasteiger partial charge in [-0.3, -0.25) is 4.79 Å². The second-order valence-corrected chi connectivity index (χ2v) is 5.92. The molecule has 0 aliphatic rings. The average Bonchev–Trinajstić information content (AvgIpc) is 2.70. The lowest BCUT2D eigenvalue weighted by Crippen LogP contribution is -2.18. The van der Waals surface area contributed by atoms with Crippen molar-refractivity contribution in [2.45, 2.75) is 26.9 Å². The molecule has 0 aromatic heterocycles. The van der Waals surface area contributed by atoms with Crippen LogP contribution < -0.4 is 19.6 Å². The lowest BCUT2D eigenvalue weighted by atomic mass is 10.1. The molecule has 0 aliphatic heterocycles. The number of nitrogens with zero attached hydrogens (tertiary/aromatic N) is 1. The smallest absolute Gasteiger partial charge is 0.416 e. The van der Waals surface area contributed by atoms with E-state index in [9.17, 15) is 18.0 Å². The first-order valence-electron chi connectivity index (χ1n) is 9.37. The Morgan fingerprint density at radius 3 is 2.13 bits per heavy atom. The molecule has 1 amide bonds. The minimum Gasteiger partial charge on any atom is -0.490 e. The standard InChI is InChI=1S/C21H23F3N2O4/c1-4-28-17-11-15(12-18(29-5-2)19(17)30-6-3)20(27)26-25-13-14-8-7-9-16(10-14)21(22,23)24/h7-13H,4-6H2,1-3H3,(H,26,27)/b25-13+. The second kappa shape index (κ2) is 10.5. The van der Waals surface area contributed by atoms with Crippen molar-refractivity contribution in [3.05, 3.63) is 53.1 Å². The number of carbonyl (C=O) groups is 1. The molecule has 0 radical (unpaired) electrons. The highest BCUT2D eigenvalue weighted by Gasteiger charge is 2.30. The Hall–Kier alpha value is -3.23. The Bertz CT molecular complexity index is 871. The Morgan fingerprint density at radius 2 is 1.60 bits per heavy atom. The van der Waals surface area contributed by atoms with E-state index in [-0.39, 0.29) is 11.1 Å². The highest BCUT2D eigenvalue weighted by molar-refractivity contribution is 5.96. The van der Waals surface area contributed by atoms with Crippen LogP contribution in [-0.2, 0) is 6.18 Å². The van der Waals surface area contributed by atoms with Crippen molar-refractivity contribution in [3.63, 3.8) is 0 Å². The minimum atomic E-state index is -4.46. The number of alkyl halides is 3.